The lowest BCUT2D eigenvalue weighted by Gasteiger charge is -2.52. The summed E-state index contributed by atoms with van der Waals surface area (Å²) in [6.07, 6.45) is -7.25. The lowest BCUT2D eigenvalue weighted by molar-refractivity contribution is -0.378. The maximum atomic E-state index is 7.61. The topological polar surface area (TPSA) is 92.3 Å². The highest BCUT2D eigenvalue weighted by Crippen LogP contribution is 2.43. The molecule has 11 heteroatoms. The molecule has 71 heavy (non-hydrogen) atoms. The Morgan fingerprint density at radius 2 is 0.845 bits per heavy atom. The van der Waals surface area contributed by atoms with Gasteiger partial charge >= 0.3 is 0 Å². The van der Waals surface area contributed by atoms with Gasteiger partial charge in [-0.25, -0.2) is 0 Å². The largest absolute Gasteiger partial charge is 0.374 e. The molecular formula is C60H60O10S. The molecule has 11 atom stereocenters. The number of benzene rings is 7. The molecule has 0 amide bonds. The average molecular weight is 973 g/mol. The molecule has 0 radical (unpaired) electrons. The summed E-state index contributed by atoms with van der Waals surface area (Å²) in [4.78, 5) is 1.02. The number of hydrogen-bond donors (Lipinski definition) is 0. The van der Waals surface area contributed by atoms with E-state index < -0.39 is 66.8 Å². The number of ether oxygens (including phenoxy) is 10. The van der Waals surface area contributed by atoms with Crippen LogP contribution in [-0.4, -0.2) is 73.8 Å². The molecule has 0 saturated carbocycles. The van der Waals surface area contributed by atoms with E-state index in [0.717, 1.165) is 38.3 Å². The molecule has 3 fully saturated rings. The van der Waals surface area contributed by atoms with Crippen molar-refractivity contribution in [3.8, 4) is 0 Å². The zero-order valence-corrected chi connectivity index (χ0v) is 40.3. The minimum atomic E-state index is -1.04. The van der Waals surface area contributed by atoms with Crippen molar-refractivity contribution in [2.75, 3.05) is 13.2 Å². The Balaban J connectivity index is 1.05. The van der Waals surface area contributed by atoms with Crippen LogP contribution >= 0.6 is 11.8 Å². The lowest BCUT2D eigenvalue weighted by Crippen LogP contribution is -2.66. The van der Waals surface area contributed by atoms with Gasteiger partial charge in [0.15, 0.2) is 12.6 Å². The molecule has 0 N–H and O–H groups in total. The minimum Gasteiger partial charge on any atom is -0.374 e. The lowest BCUT2D eigenvalue weighted by atomic mass is 9.95. The summed E-state index contributed by atoms with van der Waals surface area (Å²) in [5, 5.41) is 0. The highest BCUT2D eigenvalue weighted by Gasteiger charge is 2.56. The van der Waals surface area contributed by atoms with Crippen molar-refractivity contribution in [1.29, 1.82) is 0 Å². The van der Waals surface area contributed by atoms with Gasteiger partial charge in [-0.1, -0.05) is 212 Å². The predicted molar refractivity (Wildman–Crippen MR) is 271 cm³/mol. The fourth-order valence-corrected chi connectivity index (χ4v) is 10.3. The Morgan fingerprint density at radius 3 is 1.37 bits per heavy atom. The summed E-state index contributed by atoms with van der Waals surface area (Å²) in [7, 11) is 0. The molecule has 10 nitrogen and oxygen atoms in total. The second-order valence-corrected chi connectivity index (χ2v) is 19.0. The highest BCUT2D eigenvalue weighted by molar-refractivity contribution is 7.99. The first-order valence-corrected chi connectivity index (χ1v) is 25.3. The van der Waals surface area contributed by atoms with Gasteiger partial charge in [0.2, 0.25) is 0 Å². The van der Waals surface area contributed by atoms with Gasteiger partial charge < -0.3 is 47.4 Å². The van der Waals surface area contributed by atoms with Crippen molar-refractivity contribution in [2.45, 2.75) is 105 Å². The van der Waals surface area contributed by atoms with Gasteiger partial charge in [-0.2, -0.15) is 0 Å². The predicted octanol–water partition coefficient (Wildman–Crippen LogP) is 11.3. The number of fused-ring (bicyclic) bond motifs is 1. The Labute approximate surface area is 421 Å². The van der Waals surface area contributed by atoms with E-state index in [1.54, 1.807) is 11.8 Å². The van der Waals surface area contributed by atoms with Gasteiger partial charge in [-0.15, -0.1) is 0 Å². The van der Waals surface area contributed by atoms with Crippen LogP contribution in [-0.2, 0) is 80.4 Å². The maximum absolute atomic E-state index is 7.61. The van der Waals surface area contributed by atoms with Crippen LogP contribution in [0.1, 0.15) is 39.7 Å². The Hall–Kier alpha value is -5.51. The Kier molecular flexibility index (Phi) is 17.4. The minimum absolute atomic E-state index is 0.172. The van der Waals surface area contributed by atoms with E-state index in [9.17, 15) is 0 Å². The zero-order chi connectivity index (χ0) is 47.9. The molecular weight excluding hydrogens is 913 g/mol. The van der Waals surface area contributed by atoms with E-state index in [1.165, 1.54) is 0 Å². The van der Waals surface area contributed by atoms with Crippen LogP contribution in [0.5, 0.6) is 0 Å². The molecule has 3 heterocycles. The molecule has 366 valence electrons. The monoisotopic (exact) mass is 972 g/mol. The average Bonchev–Trinajstić information content (AvgIpc) is 3.43. The number of hydrogen-bond acceptors (Lipinski definition) is 11. The first kappa shape index (κ1) is 49.1. The first-order valence-electron chi connectivity index (χ1n) is 24.4. The van der Waals surface area contributed by atoms with Crippen LogP contribution in [0, 0.1) is 0 Å². The van der Waals surface area contributed by atoms with E-state index in [-0.39, 0.29) is 26.4 Å². The third-order valence-corrected chi connectivity index (χ3v) is 13.9. The van der Waals surface area contributed by atoms with Gasteiger partial charge in [0.05, 0.1) is 46.2 Å². The second-order valence-electron chi connectivity index (χ2n) is 17.8. The summed E-state index contributed by atoms with van der Waals surface area (Å²) in [5.74, 6) is 0. The molecule has 7 aromatic carbocycles. The van der Waals surface area contributed by atoms with Crippen LogP contribution in [0.15, 0.2) is 217 Å². The molecule has 3 saturated heterocycles. The smallest absolute Gasteiger partial charge is 0.187 e. The summed E-state index contributed by atoms with van der Waals surface area (Å²) in [6, 6.07) is 70.8. The van der Waals surface area contributed by atoms with Gasteiger partial charge in [-0.05, 0) is 39.9 Å². The molecule has 0 aromatic heterocycles. The molecule has 0 spiro atoms. The quantitative estimate of drug-likeness (QED) is 0.0689. The Bertz CT molecular complexity index is 2590. The van der Waals surface area contributed by atoms with Crippen molar-refractivity contribution in [1.82, 2.24) is 0 Å². The zero-order valence-electron chi connectivity index (χ0n) is 39.5. The van der Waals surface area contributed by atoms with E-state index in [0.29, 0.717) is 19.8 Å². The van der Waals surface area contributed by atoms with E-state index in [4.69, 9.17) is 47.4 Å². The van der Waals surface area contributed by atoms with Gasteiger partial charge in [0, 0.05) is 10.5 Å². The van der Waals surface area contributed by atoms with E-state index >= 15 is 0 Å². The van der Waals surface area contributed by atoms with Crippen LogP contribution < -0.4 is 0 Å². The molecule has 1 unspecified atom stereocenters. The maximum Gasteiger partial charge on any atom is 0.187 e. The standard InChI is InChI=1S/C60H60O10S/c1-8-22-43(23-9-1)36-61-41-50-52(62-37-44-24-10-2-11-25-44)54(63-38-45-26-12-3-13-27-45)56(64-39-46-28-14-4-15-29-46)59(67-50)70-55-53-51(42-66-58(69-53)48-32-18-6-19-33-48)68-60(71-49-34-20-7-21-35-49)57(55)65-40-47-30-16-5-17-31-47/h1-35,50-60H,36-42H2/t50-,51-,52-,53-,54+,55+,56-,57+,58?,59-,60-/m1/s1. The summed E-state index contributed by atoms with van der Waals surface area (Å²) < 4.78 is 70.2. The fourth-order valence-electron chi connectivity index (χ4n) is 9.16. The first-order chi connectivity index (χ1) is 35.2. The summed E-state index contributed by atoms with van der Waals surface area (Å²) in [5.41, 5.74) is 5.38. The van der Waals surface area contributed by atoms with Crippen molar-refractivity contribution in [3.05, 3.63) is 246 Å². The Morgan fingerprint density at radius 1 is 0.408 bits per heavy atom. The van der Waals surface area contributed by atoms with Crippen LogP contribution in [0.2, 0.25) is 0 Å². The van der Waals surface area contributed by atoms with E-state index in [2.05, 4.69) is 48.5 Å². The van der Waals surface area contributed by atoms with Crippen LogP contribution in [0.4, 0.5) is 0 Å². The van der Waals surface area contributed by atoms with Gasteiger partial charge in [0.25, 0.3) is 0 Å². The van der Waals surface area contributed by atoms with Crippen LogP contribution in [0.25, 0.3) is 0 Å². The van der Waals surface area contributed by atoms with Crippen molar-refractivity contribution >= 4 is 11.8 Å². The van der Waals surface area contributed by atoms with E-state index in [1.807, 2.05) is 164 Å². The third kappa shape index (κ3) is 13.3. The normalized spacial score (nSPS) is 26.3. The fraction of sp³-hybridized carbons (Fsp3) is 0.300. The van der Waals surface area contributed by atoms with Gasteiger partial charge in [0.1, 0.15) is 54.3 Å². The summed E-state index contributed by atoms with van der Waals surface area (Å²) in [6.45, 7) is 1.93. The SMILES string of the molecule is c1ccc(COC[C@H]2O[C@H](O[C@@H]3[C@H](OCc4ccccc4)[C@@H](Sc4ccccc4)O[C@@H]4COC(c5ccccc5)O[C@@H]34)[C@H](OCc3ccccc3)[C@@H](OCc3ccccc3)[C@@H]2OCc2ccccc2)cc1. The molecule has 3 aliphatic heterocycles. The van der Waals surface area contributed by atoms with Crippen molar-refractivity contribution in [2.24, 2.45) is 0 Å². The molecule has 0 bridgehead atoms. The van der Waals surface area contributed by atoms with Crippen molar-refractivity contribution in [3.63, 3.8) is 0 Å². The van der Waals surface area contributed by atoms with Gasteiger partial charge in [-0.3, -0.25) is 0 Å². The second kappa shape index (κ2) is 25.2. The van der Waals surface area contributed by atoms with Crippen molar-refractivity contribution < 1.29 is 47.4 Å². The number of thioether (sulfide) groups is 1. The van der Waals surface area contributed by atoms with Crippen LogP contribution in [0.3, 0.4) is 0 Å². The molecule has 0 aliphatic carbocycles. The molecule has 3 aliphatic rings. The third-order valence-electron chi connectivity index (χ3n) is 12.8. The molecule has 7 aromatic rings. The molecule has 10 rings (SSSR count). The highest BCUT2D eigenvalue weighted by atomic mass is 32.2. The number of rotatable bonds is 21. The summed E-state index contributed by atoms with van der Waals surface area (Å²) >= 11 is 1.58.